The Hall–Kier alpha value is -4.45. The number of amides is 2. The van der Waals surface area contributed by atoms with Gasteiger partial charge in [0.25, 0.3) is 0 Å². The third-order valence-electron chi connectivity index (χ3n) is 11.0. The standard InChI is InChI=1S/C38H48N4O12/c1-17-31(44)23(42-37(50)22(9-4-5-12-39)41-36(49)21-10-7-13-40-21)14-26(53-17)54-25-16-38(51,18(2)43)15-20-28(25)35(48)30-29(33(20)46)32(45)19-8-6-11-24(52-3)27(19)34(30)47/h6,8,11,17,21-23,25-26,31,40,44,46,48,51H,4-5,7,9-10,12-16,39H2,1-3H3,(H,41,49)(H,42,50)/t17?,21?,22?,23?,25-,26?,31?,38-/m0/s1. The molecule has 16 nitrogen and oxygen atoms in total. The highest BCUT2D eigenvalue weighted by molar-refractivity contribution is 6.31. The van der Waals surface area contributed by atoms with Crippen LogP contribution in [0, 0.1) is 0 Å². The zero-order valence-electron chi connectivity index (χ0n) is 30.5. The van der Waals surface area contributed by atoms with Crippen LogP contribution in [0.5, 0.6) is 17.2 Å². The number of aliphatic hydroxyl groups excluding tert-OH is 1. The number of phenolic OH excluding ortho intramolecular Hbond substituents is 2. The molecule has 54 heavy (non-hydrogen) atoms. The second-order valence-corrected chi connectivity index (χ2v) is 14.6. The molecule has 2 aromatic rings. The van der Waals surface area contributed by atoms with E-state index in [0.717, 1.165) is 13.3 Å². The minimum Gasteiger partial charge on any atom is -0.507 e. The van der Waals surface area contributed by atoms with Gasteiger partial charge in [-0.2, -0.15) is 0 Å². The summed E-state index contributed by atoms with van der Waals surface area (Å²) in [4.78, 5) is 67.2. The third-order valence-corrected chi connectivity index (χ3v) is 11.0. The van der Waals surface area contributed by atoms with E-state index in [4.69, 9.17) is 19.9 Å². The van der Waals surface area contributed by atoms with Gasteiger partial charge in [-0.25, -0.2) is 0 Å². The number of unbranched alkanes of at least 4 members (excludes halogenated alkanes) is 1. The number of carbonyl (C=O) groups is 5. The predicted molar refractivity (Wildman–Crippen MR) is 190 cm³/mol. The number of carbonyl (C=O) groups excluding carboxylic acids is 5. The highest BCUT2D eigenvalue weighted by Gasteiger charge is 2.50. The highest BCUT2D eigenvalue weighted by Crippen LogP contribution is 2.52. The minimum absolute atomic E-state index is 0.0560. The van der Waals surface area contributed by atoms with E-state index < -0.39 is 107 Å². The van der Waals surface area contributed by atoms with E-state index in [0.29, 0.717) is 38.8 Å². The molecule has 9 N–H and O–H groups in total. The zero-order chi connectivity index (χ0) is 39.1. The molecule has 2 amide bonds. The molecule has 2 fully saturated rings. The predicted octanol–water partition coefficient (Wildman–Crippen LogP) is 0.552. The van der Waals surface area contributed by atoms with Crippen LogP contribution in [-0.4, -0.2) is 112 Å². The number of fused-ring (bicyclic) bond motifs is 3. The van der Waals surface area contributed by atoms with Crippen molar-refractivity contribution >= 4 is 29.2 Å². The number of rotatable bonds is 12. The first kappa shape index (κ1) is 39.2. The molecular formula is C38H48N4O12. The van der Waals surface area contributed by atoms with Crippen LogP contribution in [0.25, 0.3) is 0 Å². The average Bonchev–Trinajstić information content (AvgIpc) is 3.69. The zero-order valence-corrected chi connectivity index (χ0v) is 30.5. The van der Waals surface area contributed by atoms with E-state index in [2.05, 4.69) is 16.0 Å². The van der Waals surface area contributed by atoms with Gasteiger partial charge in [0.2, 0.25) is 17.6 Å². The van der Waals surface area contributed by atoms with Gasteiger partial charge >= 0.3 is 0 Å². The molecule has 0 bridgehead atoms. The fourth-order valence-corrected chi connectivity index (χ4v) is 7.99. The number of Topliss-reactive ketones (excluding diaryl/α,β-unsaturated/α-hetero) is 1. The summed E-state index contributed by atoms with van der Waals surface area (Å²) in [7, 11) is 1.32. The maximum absolute atomic E-state index is 14.0. The lowest BCUT2D eigenvalue weighted by Gasteiger charge is -2.43. The van der Waals surface area contributed by atoms with Crippen molar-refractivity contribution in [3.8, 4) is 17.2 Å². The van der Waals surface area contributed by atoms with Gasteiger partial charge in [-0.3, -0.25) is 24.0 Å². The van der Waals surface area contributed by atoms with Crippen LogP contribution in [0.1, 0.15) is 108 Å². The van der Waals surface area contributed by atoms with Gasteiger partial charge in [0.1, 0.15) is 35.0 Å². The van der Waals surface area contributed by atoms with Gasteiger partial charge < -0.3 is 56.3 Å². The molecule has 6 rings (SSSR count). The van der Waals surface area contributed by atoms with Crippen molar-refractivity contribution in [2.24, 2.45) is 5.73 Å². The van der Waals surface area contributed by atoms with Crippen molar-refractivity contribution in [1.82, 2.24) is 16.0 Å². The Balaban J connectivity index is 1.30. The molecule has 2 saturated heterocycles. The van der Waals surface area contributed by atoms with Crippen LogP contribution in [-0.2, 0) is 30.3 Å². The second kappa shape index (κ2) is 15.7. The lowest BCUT2D eigenvalue weighted by molar-refractivity contribution is -0.249. The molecule has 0 radical (unpaired) electrons. The van der Waals surface area contributed by atoms with Crippen LogP contribution in [0.3, 0.4) is 0 Å². The normalized spacial score (nSPS) is 28.0. The number of phenols is 2. The summed E-state index contributed by atoms with van der Waals surface area (Å²) in [5.41, 5.74) is 2.15. The van der Waals surface area contributed by atoms with E-state index in [1.54, 1.807) is 6.92 Å². The molecule has 2 aromatic carbocycles. The number of hydrogen-bond acceptors (Lipinski definition) is 14. The molecule has 8 atom stereocenters. The van der Waals surface area contributed by atoms with Crippen LogP contribution >= 0.6 is 0 Å². The first-order valence-corrected chi connectivity index (χ1v) is 18.3. The van der Waals surface area contributed by atoms with Crippen molar-refractivity contribution < 1.29 is 58.6 Å². The van der Waals surface area contributed by atoms with Crippen molar-refractivity contribution in [3.63, 3.8) is 0 Å². The summed E-state index contributed by atoms with van der Waals surface area (Å²) in [5, 5.41) is 54.9. The average molecular weight is 753 g/mol. The number of nitrogens with one attached hydrogen (secondary N) is 3. The largest absolute Gasteiger partial charge is 0.507 e. The maximum Gasteiger partial charge on any atom is 0.242 e. The first-order valence-electron chi connectivity index (χ1n) is 18.3. The molecule has 6 unspecified atom stereocenters. The fraction of sp³-hybridized carbons (Fsp3) is 0.553. The Kier molecular flexibility index (Phi) is 11.4. The number of ketones is 3. The molecule has 2 heterocycles. The molecule has 0 aromatic heterocycles. The third kappa shape index (κ3) is 7.21. The van der Waals surface area contributed by atoms with Crippen molar-refractivity contribution in [2.45, 2.75) is 114 Å². The first-order chi connectivity index (χ1) is 25.7. The molecule has 2 aliphatic carbocycles. The fourth-order valence-electron chi connectivity index (χ4n) is 7.99. The Labute approximate surface area is 311 Å². The van der Waals surface area contributed by atoms with Crippen molar-refractivity contribution in [1.29, 1.82) is 0 Å². The summed E-state index contributed by atoms with van der Waals surface area (Å²) >= 11 is 0. The van der Waals surface area contributed by atoms with E-state index in [9.17, 15) is 44.4 Å². The minimum atomic E-state index is -2.12. The van der Waals surface area contributed by atoms with Gasteiger partial charge in [0, 0.05) is 36.0 Å². The maximum atomic E-state index is 14.0. The number of methoxy groups -OCH3 is 1. The van der Waals surface area contributed by atoms with Gasteiger partial charge in [0.05, 0.1) is 48.1 Å². The summed E-state index contributed by atoms with van der Waals surface area (Å²) in [6, 6.07) is 2.10. The molecule has 292 valence electrons. The van der Waals surface area contributed by atoms with E-state index >= 15 is 0 Å². The number of aromatic hydroxyl groups is 2. The monoisotopic (exact) mass is 752 g/mol. The SMILES string of the molecule is COc1cccc2c1C(=O)c1c(O)c3c(c(O)c1C2=O)C[C@@](O)(C(C)=O)C[C@@H]3OC1CC(NC(=O)C(CCCCN)NC(=O)C2CCCN2)C(O)C(C)O1. The number of nitrogens with two attached hydrogens (primary N) is 1. The Bertz CT molecular complexity index is 1840. The number of benzene rings is 2. The lowest BCUT2D eigenvalue weighted by atomic mass is 9.72. The van der Waals surface area contributed by atoms with Crippen LogP contribution in [0.2, 0.25) is 0 Å². The number of ether oxygens (including phenoxy) is 3. The molecule has 0 saturated carbocycles. The second-order valence-electron chi connectivity index (χ2n) is 14.6. The van der Waals surface area contributed by atoms with Crippen molar-refractivity contribution in [3.05, 3.63) is 51.6 Å². The van der Waals surface area contributed by atoms with E-state index in [1.807, 2.05) is 0 Å². The molecule has 0 spiro atoms. The van der Waals surface area contributed by atoms with Crippen LogP contribution in [0.15, 0.2) is 18.2 Å². The van der Waals surface area contributed by atoms with Gasteiger partial charge in [-0.15, -0.1) is 0 Å². The van der Waals surface area contributed by atoms with Gasteiger partial charge in [0.15, 0.2) is 17.9 Å². The highest BCUT2D eigenvalue weighted by atomic mass is 16.7. The Morgan fingerprint density at radius 1 is 1.11 bits per heavy atom. The van der Waals surface area contributed by atoms with Crippen molar-refractivity contribution in [2.75, 3.05) is 20.2 Å². The Morgan fingerprint density at radius 2 is 1.85 bits per heavy atom. The van der Waals surface area contributed by atoms with Crippen LogP contribution < -0.4 is 26.4 Å². The Morgan fingerprint density at radius 3 is 2.52 bits per heavy atom. The topological polar surface area (TPSA) is 256 Å². The molecule has 16 heteroatoms. The molecular weight excluding hydrogens is 704 g/mol. The number of hydrogen-bond donors (Lipinski definition) is 8. The van der Waals surface area contributed by atoms with E-state index in [-0.39, 0.29) is 40.3 Å². The van der Waals surface area contributed by atoms with Gasteiger partial charge in [-0.05, 0) is 65.1 Å². The summed E-state index contributed by atoms with van der Waals surface area (Å²) in [5.74, 6) is -4.34. The summed E-state index contributed by atoms with van der Waals surface area (Å²) < 4.78 is 17.6. The number of aliphatic hydroxyl groups is 2. The van der Waals surface area contributed by atoms with E-state index in [1.165, 1.54) is 25.3 Å². The quantitative estimate of drug-likeness (QED) is 0.0930. The van der Waals surface area contributed by atoms with Gasteiger partial charge in [-0.1, -0.05) is 12.1 Å². The summed E-state index contributed by atoms with van der Waals surface area (Å²) in [6.45, 7) is 3.82. The molecule has 2 aliphatic heterocycles. The lowest BCUT2D eigenvalue weighted by Crippen LogP contribution is -2.59. The summed E-state index contributed by atoms with van der Waals surface area (Å²) in [6.07, 6.45) is -2.80. The smallest absolute Gasteiger partial charge is 0.242 e. The molecule has 4 aliphatic rings. The van der Waals surface area contributed by atoms with Crippen LogP contribution in [0.4, 0.5) is 0 Å².